The average molecular weight is 210 g/mol. The van der Waals surface area contributed by atoms with E-state index in [-0.39, 0.29) is 5.56 Å². The SMILES string of the molecule is NC(c1cn[nH]n1)c1cccc(F)c1F. The highest BCUT2D eigenvalue weighted by molar-refractivity contribution is 5.27. The Morgan fingerprint density at radius 3 is 2.80 bits per heavy atom. The van der Waals surface area contributed by atoms with Gasteiger partial charge in [-0.3, -0.25) is 0 Å². The number of halogens is 2. The monoisotopic (exact) mass is 210 g/mol. The summed E-state index contributed by atoms with van der Waals surface area (Å²) in [5.74, 6) is -1.88. The molecule has 0 fully saturated rings. The lowest BCUT2D eigenvalue weighted by Gasteiger charge is -2.09. The fourth-order valence-electron chi connectivity index (χ4n) is 1.28. The molecule has 0 saturated carbocycles. The molecule has 1 atom stereocenters. The predicted molar refractivity (Wildman–Crippen MR) is 48.8 cm³/mol. The minimum absolute atomic E-state index is 0.0592. The molecule has 2 rings (SSSR count). The lowest BCUT2D eigenvalue weighted by molar-refractivity contribution is 0.493. The summed E-state index contributed by atoms with van der Waals surface area (Å²) in [6.45, 7) is 0. The van der Waals surface area contributed by atoms with Crippen LogP contribution in [0.5, 0.6) is 0 Å². The zero-order valence-corrected chi connectivity index (χ0v) is 7.61. The van der Waals surface area contributed by atoms with Gasteiger partial charge in [0.05, 0.1) is 12.2 Å². The highest BCUT2D eigenvalue weighted by Gasteiger charge is 2.17. The molecule has 78 valence electrons. The molecule has 1 unspecified atom stereocenters. The first-order valence-corrected chi connectivity index (χ1v) is 4.25. The number of H-pyrrole nitrogens is 1. The van der Waals surface area contributed by atoms with E-state index in [2.05, 4.69) is 15.4 Å². The van der Waals surface area contributed by atoms with Gasteiger partial charge >= 0.3 is 0 Å². The van der Waals surface area contributed by atoms with E-state index in [1.807, 2.05) is 0 Å². The van der Waals surface area contributed by atoms with Crippen molar-refractivity contribution in [2.45, 2.75) is 6.04 Å². The van der Waals surface area contributed by atoms with Crippen LogP contribution in [0.25, 0.3) is 0 Å². The number of benzene rings is 1. The summed E-state index contributed by atoms with van der Waals surface area (Å²) < 4.78 is 26.2. The van der Waals surface area contributed by atoms with Crippen LogP contribution in [0.3, 0.4) is 0 Å². The molecule has 3 N–H and O–H groups in total. The van der Waals surface area contributed by atoms with Crippen molar-refractivity contribution in [3.8, 4) is 0 Å². The summed E-state index contributed by atoms with van der Waals surface area (Å²) in [6.07, 6.45) is 1.37. The van der Waals surface area contributed by atoms with Crippen LogP contribution in [0, 0.1) is 11.6 Å². The van der Waals surface area contributed by atoms with Crippen molar-refractivity contribution in [2.24, 2.45) is 5.73 Å². The normalized spacial score (nSPS) is 12.7. The van der Waals surface area contributed by atoms with Crippen molar-refractivity contribution in [3.05, 3.63) is 47.3 Å². The van der Waals surface area contributed by atoms with E-state index >= 15 is 0 Å². The maximum Gasteiger partial charge on any atom is 0.163 e. The molecule has 15 heavy (non-hydrogen) atoms. The zero-order valence-electron chi connectivity index (χ0n) is 7.61. The van der Waals surface area contributed by atoms with Gasteiger partial charge in [0.2, 0.25) is 0 Å². The summed E-state index contributed by atoms with van der Waals surface area (Å²) >= 11 is 0. The number of aromatic amines is 1. The molecule has 0 radical (unpaired) electrons. The number of aromatic nitrogens is 3. The largest absolute Gasteiger partial charge is 0.319 e. The fraction of sp³-hybridized carbons (Fsp3) is 0.111. The standard InChI is InChI=1S/C9H8F2N4/c10-6-3-1-2-5(8(6)11)9(12)7-4-13-15-14-7/h1-4,9H,12H2,(H,13,14,15). The highest BCUT2D eigenvalue weighted by atomic mass is 19.2. The topological polar surface area (TPSA) is 67.6 Å². The Hall–Kier alpha value is -1.82. The molecule has 0 bridgehead atoms. The van der Waals surface area contributed by atoms with Crippen molar-refractivity contribution < 1.29 is 8.78 Å². The number of hydrogen-bond acceptors (Lipinski definition) is 3. The number of hydrogen-bond donors (Lipinski definition) is 2. The lowest BCUT2D eigenvalue weighted by Crippen LogP contribution is -2.14. The molecule has 0 aliphatic heterocycles. The van der Waals surface area contributed by atoms with Crippen LogP contribution in [0.15, 0.2) is 24.4 Å². The summed E-state index contributed by atoms with van der Waals surface area (Å²) in [5.41, 5.74) is 6.12. The first kappa shape index (κ1) is 9.72. The van der Waals surface area contributed by atoms with Gasteiger partial charge < -0.3 is 5.73 Å². The number of nitrogens with one attached hydrogen (secondary N) is 1. The van der Waals surface area contributed by atoms with Crippen LogP contribution < -0.4 is 5.73 Å². The summed E-state index contributed by atoms with van der Waals surface area (Å²) in [7, 11) is 0. The maximum atomic E-state index is 13.3. The van der Waals surface area contributed by atoms with Crippen molar-refractivity contribution in [3.63, 3.8) is 0 Å². The Morgan fingerprint density at radius 2 is 2.13 bits per heavy atom. The Bertz CT molecular complexity index is 455. The molecule has 0 amide bonds. The van der Waals surface area contributed by atoms with E-state index in [0.717, 1.165) is 6.07 Å². The third-order valence-electron chi connectivity index (χ3n) is 2.07. The first-order chi connectivity index (χ1) is 7.20. The van der Waals surface area contributed by atoms with Crippen molar-refractivity contribution in [1.29, 1.82) is 0 Å². The van der Waals surface area contributed by atoms with Crippen molar-refractivity contribution in [2.75, 3.05) is 0 Å². The van der Waals surface area contributed by atoms with E-state index in [4.69, 9.17) is 5.73 Å². The number of nitrogens with two attached hydrogens (primary N) is 1. The molecule has 1 aromatic heterocycles. The Morgan fingerprint density at radius 1 is 1.33 bits per heavy atom. The second-order valence-corrected chi connectivity index (χ2v) is 3.02. The van der Waals surface area contributed by atoms with Crippen LogP contribution in [0.2, 0.25) is 0 Å². The summed E-state index contributed by atoms with van der Waals surface area (Å²) in [6, 6.07) is 3.03. The van der Waals surface area contributed by atoms with E-state index in [9.17, 15) is 8.78 Å². The van der Waals surface area contributed by atoms with E-state index in [1.54, 1.807) is 0 Å². The van der Waals surface area contributed by atoms with Gasteiger partial charge in [-0.15, -0.1) is 0 Å². The van der Waals surface area contributed by atoms with Gasteiger partial charge in [0.1, 0.15) is 5.69 Å². The number of nitrogens with zero attached hydrogens (tertiary/aromatic N) is 2. The maximum absolute atomic E-state index is 13.3. The Balaban J connectivity index is 2.42. The first-order valence-electron chi connectivity index (χ1n) is 4.25. The Kier molecular flexibility index (Phi) is 2.42. The molecule has 1 aromatic carbocycles. The van der Waals surface area contributed by atoms with E-state index in [0.29, 0.717) is 5.69 Å². The zero-order chi connectivity index (χ0) is 10.8. The van der Waals surface area contributed by atoms with Crippen LogP contribution >= 0.6 is 0 Å². The predicted octanol–water partition coefficient (Wildman–Crippen LogP) is 1.13. The second-order valence-electron chi connectivity index (χ2n) is 3.02. The second kappa shape index (κ2) is 3.74. The molecule has 1 heterocycles. The van der Waals surface area contributed by atoms with Gasteiger partial charge in [-0.25, -0.2) is 8.78 Å². The average Bonchev–Trinajstić information content (AvgIpc) is 2.74. The smallest absolute Gasteiger partial charge is 0.163 e. The molecule has 4 nitrogen and oxygen atoms in total. The minimum Gasteiger partial charge on any atom is -0.319 e. The van der Waals surface area contributed by atoms with E-state index in [1.165, 1.54) is 18.3 Å². The van der Waals surface area contributed by atoms with E-state index < -0.39 is 17.7 Å². The third-order valence-corrected chi connectivity index (χ3v) is 2.07. The van der Waals surface area contributed by atoms with Crippen LogP contribution in [-0.2, 0) is 0 Å². The van der Waals surface area contributed by atoms with Gasteiger partial charge in [0.15, 0.2) is 11.6 Å². The summed E-state index contributed by atoms with van der Waals surface area (Å²) in [5, 5.41) is 9.62. The molecular formula is C9H8F2N4. The van der Waals surface area contributed by atoms with Crippen LogP contribution in [0.4, 0.5) is 8.78 Å². The van der Waals surface area contributed by atoms with Gasteiger partial charge in [0.25, 0.3) is 0 Å². The molecule has 2 aromatic rings. The molecule has 0 aliphatic carbocycles. The summed E-state index contributed by atoms with van der Waals surface area (Å²) in [4.78, 5) is 0. The van der Waals surface area contributed by atoms with Crippen LogP contribution in [-0.4, -0.2) is 15.4 Å². The van der Waals surface area contributed by atoms with Crippen LogP contribution in [0.1, 0.15) is 17.3 Å². The van der Waals surface area contributed by atoms with Crippen molar-refractivity contribution in [1.82, 2.24) is 15.4 Å². The number of rotatable bonds is 2. The quantitative estimate of drug-likeness (QED) is 0.780. The molecule has 0 spiro atoms. The Labute approximate surface area is 84.1 Å². The van der Waals surface area contributed by atoms with Gasteiger partial charge in [-0.2, -0.15) is 15.4 Å². The van der Waals surface area contributed by atoms with Crippen molar-refractivity contribution >= 4 is 0 Å². The minimum atomic E-state index is -0.951. The molecule has 6 heteroatoms. The van der Waals surface area contributed by atoms with Gasteiger partial charge in [0, 0.05) is 5.56 Å². The molecular weight excluding hydrogens is 202 g/mol. The lowest BCUT2D eigenvalue weighted by atomic mass is 10.0. The highest BCUT2D eigenvalue weighted by Crippen LogP contribution is 2.21. The molecule has 0 aliphatic rings. The third kappa shape index (κ3) is 1.71. The molecule has 0 saturated heterocycles. The van der Waals surface area contributed by atoms with Gasteiger partial charge in [-0.1, -0.05) is 12.1 Å². The van der Waals surface area contributed by atoms with Gasteiger partial charge in [-0.05, 0) is 6.07 Å². The fourth-order valence-corrected chi connectivity index (χ4v) is 1.28.